The zero-order valence-electron chi connectivity index (χ0n) is 11.7. The third kappa shape index (κ3) is 7.28. The Hall–Kier alpha value is -0.200. The number of methoxy groups -OCH3 is 1. The van der Waals surface area contributed by atoms with Gasteiger partial charge in [-0.15, -0.1) is 0 Å². The predicted octanol–water partition coefficient (Wildman–Crippen LogP) is 0.0842. The Balaban J connectivity index is 1.91. The molecule has 0 aromatic rings. The molecule has 0 bridgehead atoms. The van der Waals surface area contributed by atoms with Crippen molar-refractivity contribution in [2.45, 2.75) is 32.0 Å². The minimum Gasteiger partial charge on any atom is -0.389 e. The van der Waals surface area contributed by atoms with E-state index in [1.165, 1.54) is 25.9 Å². The Bertz CT molecular complexity index is 199. The van der Waals surface area contributed by atoms with Gasteiger partial charge in [0.1, 0.15) is 0 Å². The summed E-state index contributed by atoms with van der Waals surface area (Å²) in [7, 11) is 1.65. The quantitative estimate of drug-likeness (QED) is 0.545. The van der Waals surface area contributed by atoms with Crippen molar-refractivity contribution in [3.05, 3.63) is 0 Å². The van der Waals surface area contributed by atoms with Gasteiger partial charge in [-0.3, -0.25) is 0 Å². The van der Waals surface area contributed by atoms with Gasteiger partial charge in [0.05, 0.1) is 25.4 Å². The van der Waals surface area contributed by atoms with Crippen LogP contribution in [0, 0.1) is 0 Å². The molecule has 0 spiro atoms. The normalized spacial score (nSPS) is 20.2. The lowest BCUT2D eigenvalue weighted by molar-refractivity contribution is -0.0310. The largest absolute Gasteiger partial charge is 0.389 e. The Kier molecular flexibility index (Phi) is 8.54. The van der Waals surface area contributed by atoms with Crippen LogP contribution in [0.4, 0.5) is 0 Å². The fraction of sp³-hybridized carbons (Fsp3) is 1.00. The van der Waals surface area contributed by atoms with Crippen LogP contribution in [0.1, 0.15) is 19.8 Å². The van der Waals surface area contributed by atoms with Crippen LogP contribution in [0.2, 0.25) is 0 Å². The van der Waals surface area contributed by atoms with Crippen LogP contribution in [0.5, 0.6) is 0 Å². The maximum absolute atomic E-state index is 9.72. The highest BCUT2D eigenvalue weighted by Crippen LogP contribution is 2.05. The van der Waals surface area contributed by atoms with Crippen LogP contribution >= 0.6 is 0 Å². The molecule has 1 aliphatic heterocycles. The molecule has 2 atom stereocenters. The number of nitrogens with zero attached hydrogens (tertiary/aromatic N) is 1. The molecule has 5 heteroatoms. The summed E-state index contributed by atoms with van der Waals surface area (Å²) in [5.74, 6) is 0. The van der Waals surface area contributed by atoms with E-state index in [0.29, 0.717) is 19.8 Å². The van der Waals surface area contributed by atoms with Crippen LogP contribution in [-0.2, 0) is 9.47 Å². The topological polar surface area (TPSA) is 54.0 Å². The van der Waals surface area contributed by atoms with E-state index >= 15 is 0 Å². The van der Waals surface area contributed by atoms with E-state index in [1.54, 1.807) is 7.11 Å². The van der Waals surface area contributed by atoms with Crippen molar-refractivity contribution in [3.63, 3.8) is 0 Å². The first-order chi connectivity index (χ1) is 8.72. The van der Waals surface area contributed by atoms with Gasteiger partial charge in [0.2, 0.25) is 0 Å². The maximum atomic E-state index is 9.72. The molecule has 5 nitrogen and oxygen atoms in total. The number of aliphatic hydroxyl groups is 1. The van der Waals surface area contributed by atoms with Gasteiger partial charge in [0.15, 0.2) is 0 Å². The monoisotopic (exact) mass is 260 g/mol. The Morgan fingerprint density at radius 3 is 2.67 bits per heavy atom. The third-order valence-electron chi connectivity index (χ3n) is 3.16. The van der Waals surface area contributed by atoms with Crippen molar-refractivity contribution >= 4 is 0 Å². The summed E-state index contributed by atoms with van der Waals surface area (Å²) >= 11 is 0. The average Bonchev–Trinajstić information content (AvgIpc) is 2.85. The smallest absolute Gasteiger partial charge is 0.0897 e. The molecule has 1 saturated heterocycles. The number of nitrogens with one attached hydrogen (secondary N) is 1. The summed E-state index contributed by atoms with van der Waals surface area (Å²) in [4.78, 5) is 2.45. The zero-order valence-corrected chi connectivity index (χ0v) is 11.7. The minimum atomic E-state index is -0.442. The SMILES string of the molecule is COCC(C)OCC(O)CNCCN1CCCC1. The first kappa shape index (κ1) is 15.9. The van der Waals surface area contributed by atoms with Crippen molar-refractivity contribution in [3.8, 4) is 0 Å². The van der Waals surface area contributed by atoms with Crippen LogP contribution in [0.25, 0.3) is 0 Å². The van der Waals surface area contributed by atoms with E-state index < -0.39 is 6.10 Å². The molecule has 0 amide bonds. The predicted molar refractivity (Wildman–Crippen MR) is 71.8 cm³/mol. The fourth-order valence-corrected chi connectivity index (χ4v) is 2.13. The summed E-state index contributed by atoms with van der Waals surface area (Å²) in [5, 5.41) is 13.0. The third-order valence-corrected chi connectivity index (χ3v) is 3.16. The van der Waals surface area contributed by atoms with Crippen molar-refractivity contribution in [1.82, 2.24) is 10.2 Å². The van der Waals surface area contributed by atoms with Gasteiger partial charge >= 0.3 is 0 Å². The van der Waals surface area contributed by atoms with E-state index in [9.17, 15) is 5.11 Å². The van der Waals surface area contributed by atoms with Gasteiger partial charge in [0, 0.05) is 26.7 Å². The van der Waals surface area contributed by atoms with Gasteiger partial charge in [-0.25, -0.2) is 0 Å². The van der Waals surface area contributed by atoms with Gasteiger partial charge in [-0.05, 0) is 32.9 Å². The molecule has 0 aromatic heterocycles. The molecule has 18 heavy (non-hydrogen) atoms. The van der Waals surface area contributed by atoms with E-state index in [4.69, 9.17) is 9.47 Å². The van der Waals surface area contributed by atoms with Crippen LogP contribution < -0.4 is 5.32 Å². The van der Waals surface area contributed by atoms with Gasteiger partial charge in [-0.1, -0.05) is 0 Å². The second-order valence-corrected chi connectivity index (χ2v) is 5.01. The molecule has 1 rings (SSSR count). The Labute approximate surface area is 110 Å². The molecular formula is C13H28N2O3. The second kappa shape index (κ2) is 9.69. The molecule has 1 heterocycles. The van der Waals surface area contributed by atoms with Crippen molar-refractivity contribution in [2.24, 2.45) is 0 Å². The molecule has 1 aliphatic rings. The Morgan fingerprint density at radius 2 is 2.00 bits per heavy atom. The van der Waals surface area contributed by atoms with Crippen LogP contribution in [0.15, 0.2) is 0 Å². The summed E-state index contributed by atoms with van der Waals surface area (Å²) in [6.45, 7) is 7.92. The highest BCUT2D eigenvalue weighted by Gasteiger charge is 2.11. The number of rotatable bonds is 10. The van der Waals surface area contributed by atoms with Gasteiger partial charge in [0.25, 0.3) is 0 Å². The van der Waals surface area contributed by atoms with Gasteiger partial charge < -0.3 is 24.8 Å². The molecule has 108 valence electrons. The lowest BCUT2D eigenvalue weighted by Crippen LogP contribution is -2.36. The standard InChI is InChI=1S/C13H28N2O3/c1-12(10-17-2)18-11-13(16)9-14-5-8-15-6-3-4-7-15/h12-14,16H,3-11H2,1-2H3. The fourth-order valence-electron chi connectivity index (χ4n) is 2.13. The molecular weight excluding hydrogens is 232 g/mol. The number of hydrogen-bond acceptors (Lipinski definition) is 5. The second-order valence-electron chi connectivity index (χ2n) is 5.01. The highest BCUT2D eigenvalue weighted by atomic mass is 16.5. The van der Waals surface area contributed by atoms with Crippen molar-refractivity contribution < 1.29 is 14.6 Å². The van der Waals surface area contributed by atoms with E-state index in [-0.39, 0.29) is 6.10 Å². The lowest BCUT2D eigenvalue weighted by atomic mass is 10.3. The number of likely N-dealkylation sites (tertiary alicyclic amines) is 1. The summed E-state index contributed by atoms with van der Waals surface area (Å²) in [5.41, 5.74) is 0. The summed E-state index contributed by atoms with van der Waals surface area (Å²) in [6.07, 6.45) is 2.25. The van der Waals surface area contributed by atoms with Gasteiger partial charge in [-0.2, -0.15) is 0 Å². The molecule has 0 aliphatic carbocycles. The molecule has 1 fully saturated rings. The first-order valence-corrected chi connectivity index (χ1v) is 6.94. The number of aliphatic hydroxyl groups excluding tert-OH is 1. The Morgan fingerprint density at radius 1 is 1.28 bits per heavy atom. The molecule has 0 aromatic carbocycles. The maximum Gasteiger partial charge on any atom is 0.0897 e. The van der Waals surface area contributed by atoms with Crippen molar-refractivity contribution in [2.75, 3.05) is 53.0 Å². The number of hydrogen-bond donors (Lipinski definition) is 2. The molecule has 2 unspecified atom stereocenters. The minimum absolute atomic E-state index is 0.0363. The van der Waals surface area contributed by atoms with Crippen LogP contribution in [-0.4, -0.2) is 75.3 Å². The van der Waals surface area contributed by atoms with Crippen LogP contribution in [0.3, 0.4) is 0 Å². The molecule has 2 N–H and O–H groups in total. The van der Waals surface area contributed by atoms with E-state index in [0.717, 1.165) is 13.1 Å². The highest BCUT2D eigenvalue weighted by molar-refractivity contribution is 4.68. The average molecular weight is 260 g/mol. The first-order valence-electron chi connectivity index (χ1n) is 6.94. The molecule has 0 saturated carbocycles. The summed E-state index contributed by atoms with van der Waals surface area (Å²) < 4.78 is 10.4. The van der Waals surface area contributed by atoms with E-state index in [1.807, 2.05) is 6.92 Å². The lowest BCUT2D eigenvalue weighted by Gasteiger charge is -2.18. The number of ether oxygens (including phenoxy) is 2. The summed E-state index contributed by atoms with van der Waals surface area (Å²) in [6, 6.07) is 0. The molecule has 0 radical (unpaired) electrons. The zero-order chi connectivity index (χ0) is 13.2. The van der Waals surface area contributed by atoms with Crippen molar-refractivity contribution in [1.29, 1.82) is 0 Å². The van der Waals surface area contributed by atoms with E-state index in [2.05, 4.69) is 10.2 Å².